The first kappa shape index (κ1) is 16.5. The first-order chi connectivity index (χ1) is 12.6. The lowest BCUT2D eigenvalue weighted by atomic mass is 9.86. The van der Waals surface area contributed by atoms with Gasteiger partial charge in [0.1, 0.15) is 17.8 Å². The lowest BCUT2D eigenvalue weighted by Gasteiger charge is -2.42. The molecule has 0 aromatic carbocycles. The molecule has 2 aromatic heterocycles. The second-order valence-corrected chi connectivity index (χ2v) is 9.49. The van der Waals surface area contributed by atoms with Crippen LogP contribution in [0, 0.1) is 5.92 Å². The molecular formula is C17H24N6O2S. The number of nitrogens with zero attached hydrogens (tertiary/aromatic N) is 4. The highest BCUT2D eigenvalue weighted by Gasteiger charge is 2.56. The van der Waals surface area contributed by atoms with Crippen molar-refractivity contribution in [2.24, 2.45) is 5.92 Å². The molecule has 1 spiro atoms. The van der Waals surface area contributed by atoms with Crippen molar-refractivity contribution in [1.82, 2.24) is 24.0 Å². The van der Waals surface area contributed by atoms with Gasteiger partial charge in [-0.15, -0.1) is 0 Å². The van der Waals surface area contributed by atoms with Crippen LogP contribution >= 0.6 is 0 Å². The van der Waals surface area contributed by atoms with Gasteiger partial charge in [-0.05, 0) is 37.7 Å². The Hall–Kier alpha value is -1.71. The third kappa shape index (κ3) is 2.69. The molecule has 3 fully saturated rings. The smallest absolute Gasteiger partial charge is 0.280 e. The van der Waals surface area contributed by atoms with E-state index in [1.165, 1.54) is 6.42 Å². The number of fused-ring (bicyclic) bond motifs is 1. The van der Waals surface area contributed by atoms with E-state index in [0.29, 0.717) is 32.1 Å². The van der Waals surface area contributed by atoms with Gasteiger partial charge in [-0.2, -0.15) is 12.7 Å². The summed E-state index contributed by atoms with van der Waals surface area (Å²) in [6.07, 6.45) is 8.76. The number of nitrogens with one attached hydrogen (secondary N) is 2. The predicted molar refractivity (Wildman–Crippen MR) is 99.0 cm³/mol. The topological polar surface area (TPSA) is 94.2 Å². The normalized spacial score (nSPS) is 23.5. The minimum atomic E-state index is -3.42. The standard InChI is InChI=1S/C17H24N6O2S/c24-26(25,21-10-13-2-1-3-13)23-9-8-22(11-17(23)5-6-17)16-14-4-7-18-15(14)19-12-20-16/h4,7,12-13,21H,1-3,5-6,8-11H2,(H,18,19,20). The minimum Gasteiger partial charge on any atom is -0.353 e. The summed E-state index contributed by atoms with van der Waals surface area (Å²) in [5.74, 6) is 1.41. The van der Waals surface area contributed by atoms with E-state index < -0.39 is 10.2 Å². The SMILES string of the molecule is O=S(=O)(NCC1CCC1)N1CCN(c2ncnc3[nH]ccc23)CC12CC2. The highest BCUT2D eigenvalue weighted by molar-refractivity contribution is 7.87. The molecule has 140 valence electrons. The molecule has 8 nitrogen and oxygen atoms in total. The Kier molecular flexibility index (Phi) is 3.74. The molecule has 2 saturated carbocycles. The van der Waals surface area contributed by atoms with E-state index in [4.69, 9.17) is 0 Å². The molecule has 0 bridgehead atoms. The largest absolute Gasteiger partial charge is 0.353 e. The molecule has 2 N–H and O–H groups in total. The maximum absolute atomic E-state index is 12.9. The van der Waals surface area contributed by atoms with Crippen LogP contribution in [-0.2, 0) is 10.2 Å². The number of anilines is 1. The highest BCUT2D eigenvalue weighted by Crippen LogP contribution is 2.46. The Morgan fingerprint density at radius 2 is 2.12 bits per heavy atom. The molecule has 26 heavy (non-hydrogen) atoms. The first-order valence-electron chi connectivity index (χ1n) is 9.38. The van der Waals surface area contributed by atoms with E-state index in [0.717, 1.165) is 42.5 Å². The monoisotopic (exact) mass is 376 g/mol. The van der Waals surface area contributed by atoms with Gasteiger partial charge in [0.05, 0.1) is 10.9 Å². The van der Waals surface area contributed by atoms with Crippen molar-refractivity contribution in [3.05, 3.63) is 18.6 Å². The zero-order valence-electron chi connectivity index (χ0n) is 14.7. The van der Waals surface area contributed by atoms with Crippen LogP contribution in [-0.4, -0.2) is 59.4 Å². The van der Waals surface area contributed by atoms with E-state index in [1.54, 1.807) is 10.6 Å². The van der Waals surface area contributed by atoms with Crippen LogP contribution in [0.15, 0.2) is 18.6 Å². The van der Waals surface area contributed by atoms with Crippen molar-refractivity contribution in [2.75, 3.05) is 31.1 Å². The van der Waals surface area contributed by atoms with Crippen LogP contribution in [0.2, 0.25) is 0 Å². The van der Waals surface area contributed by atoms with Gasteiger partial charge in [0, 0.05) is 32.4 Å². The Bertz CT molecular complexity index is 918. The molecule has 3 heterocycles. The van der Waals surface area contributed by atoms with E-state index in [2.05, 4.69) is 24.6 Å². The van der Waals surface area contributed by atoms with Crippen molar-refractivity contribution < 1.29 is 8.42 Å². The number of hydrogen-bond donors (Lipinski definition) is 2. The van der Waals surface area contributed by atoms with E-state index in [-0.39, 0.29) is 5.54 Å². The molecule has 2 aliphatic carbocycles. The molecule has 2 aromatic rings. The number of piperazine rings is 1. The Labute approximate surface area is 153 Å². The summed E-state index contributed by atoms with van der Waals surface area (Å²) >= 11 is 0. The minimum absolute atomic E-state index is 0.280. The zero-order valence-corrected chi connectivity index (χ0v) is 15.5. The van der Waals surface area contributed by atoms with Crippen LogP contribution in [0.3, 0.4) is 0 Å². The molecule has 1 aliphatic heterocycles. The maximum atomic E-state index is 12.9. The van der Waals surface area contributed by atoms with E-state index in [9.17, 15) is 8.42 Å². The van der Waals surface area contributed by atoms with Gasteiger partial charge in [-0.3, -0.25) is 0 Å². The summed E-state index contributed by atoms with van der Waals surface area (Å²) in [5.41, 5.74) is 0.536. The van der Waals surface area contributed by atoms with Gasteiger partial charge in [0.25, 0.3) is 10.2 Å². The lowest BCUT2D eigenvalue weighted by Crippen LogP contribution is -2.60. The Morgan fingerprint density at radius 1 is 1.27 bits per heavy atom. The van der Waals surface area contributed by atoms with Crippen LogP contribution < -0.4 is 9.62 Å². The molecule has 1 saturated heterocycles. The fourth-order valence-electron chi connectivity index (χ4n) is 4.18. The number of aromatic amines is 1. The zero-order chi connectivity index (χ0) is 17.8. The Morgan fingerprint density at radius 3 is 2.85 bits per heavy atom. The first-order valence-corrected chi connectivity index (χ1v) is 10.8. The van der Waals surface area contributed by atoms with E-state index >= 15 is 0 Å². The van der Waals surface area contributed by atoms with Gasteiger partial charge in [0.15, 0.2) is 0 Å². The number of hydrogen-bond acceptors (Lipinski definition) is 5. The van der Waals surface area contributed by atoms with Crippen LogP contribution in [0.4, 0.5) is 5.82 Å². The molecule has 0 unspecified atom stereocenters. The van der Waals surface area contributed by atoms with Crippen molar-refractivity contribution in [2.45, 2.75) is 37.6 Å². The fourth-order valence-corrected chi connectivity index (χ4v) is 5.85. The summed E-state index contributed by atoms with van der Waals surface area (Å²) in [6, 6.07) is 1.98. The maximum Gasteiger partial charge on any atom is 0.280 e. The van der Waals surface area contributed by atoms with Crippen LogP contribution in [0.25, 0.3) is 11.0 Å². The van der Waals surface area contributed by atoms with Gasteiger partial charge in [-0.25, -0.2) is 14.7 Å². The molecular weight excluding hydrogens is 352 g/mol. The highest BCUT2D eigenvalue weighted by atomic mass is 32.2. The summed E-state index contributed by atoms with van der Waals surface area (Å²) in [7, 11) is -3.42. The second-order valence-electron chi connectivity index (χ2n) is 7.81. The van der Waals surface area contributed by atoms with Crippen molar-refractivity contribution in [3.8, 4) is 0 Å². The number of H-pyrrole nitrogens is 1. The van der Waals surface area contributed by atoms with Gasteiger partial charge < -0.3 is 9.88 Å². The average Bonchev–Trinajstić information content (AvgIpc) is 3.16. The quantitative estimate of drug-likeness (QED) is 0.819. The second kappa shape index (κ2) is 5.90. The molecule has 9 heteroatoms. The average molecular weight is 376 g/mol. The summed E-state index contributed by atoms with van der Waals surface area (Å²) in [6.45, 7) is 2.41. The lowest BCUT2D eigenvalue weighted by molar-refractivity contribution is 0.261. The van der Waals surface area contributed by atoms with Crippen molar-refractivity contribution >= 4 is 27.1 Å². The molecule has 3 aliphatic rings. The molecule has 0 atom stereocenters. The van der Waals surface area contributed by atoms with Crippen molar-refractivity contribution in [3.63, 3.8) is 0 Å². The molecule has 0 amide bonds. The predicted octanol–water partition coefficient (Wildman–Crippen LogP) is 1.25. The molecule has 5 rings (SSSR count). The van der Waals surface area contributed by atoms with Crippen LogP contribution in [0.1, 0.15) is 32.1 Å². The van der Waals surface area contributed by atoms with Crippen molar-refractivity contribution in [1.29, 1.82) is 0 Å². The summed E-state index contributed by atoms with van der Waals surface area (Å²) in [4.78, 5) is 14.0. The van der Waals surface area contributed by atoms with Gasteiger partial charge >= 0.3 is 0 Å². The third-order valence-corrected chi connectivity index (χ3v) is 7.80. The third-order valence-electron chi connectivity index (χ3n) is 6.12. The fraction of sp³-hybridized carbons (Fsp3) is 0.647. The summed E-state index contributed by atoms with van der Waals surface area (Å²) < 4.78 is 30.3. The summed E-state index contributed by atoms with van der Waals surface area (Å²) in [5, 5.41) is 0.989. The molecule has 0 radical (unpaired) electrons. The van der Waals surface area contributed by atoms with Crippen LogP contribution in [0.5, 0.6) is 0 Å². The van der Waals surface area contributed by atoms with Gasteiger partial charge in [-0.1, -0.05) is 6.42 Å². The van der Waals surface area contributed by atoms with E-state index in [1.807, 2.05) is 12.3 Å². The Balaban J connectivity index is 1.35. The number of rotatable bonds is 5. The number of aromatic nitrogens is 3. The van der Waals surface area contributed by atoms with Gasteiger partial charge in [0.2, 0.25) is 0 Å².